The first-order valence-electron chi connectivity index (χ1n) is 12.5. The number of sulfonamides is 1. The van der Waals surface area contributed by atoms with Crippen molar-refractivity contribution < 1.29 is 18.0 Å². The Morgan fingerprint density at radius 2 is 1.56 bits per heavy atom. The number of hydrogen-bond acceptors (Lipinski definition) is 4. The van der Waals surface area contributed by atoms with Crippen LogP contribution >= 0.6 is 23.2 Å². The van der Waals surface area contributed by atoms with Gasteiger partial charge >= 0.3 is 0 Å². The Morgan fingerprint density at radius 1 is 0.923 bits per heavy atom. The van der Waals surface area contributed by atoms with Crippen molar-refractivity contribution in [2.75, 3.05) is 10.8 Å². The number of carbonyl (C=O) groups excluding carboxylic acids is 2. The van der Waals surface area contributed by atoms with Gasteiger partial charge in [0.2, 0.25) is 11.8 Å². The molecule has 0 unspecified atom stereocenters. The highest BCUT2D eigenvalue weighted by Crippen LogP contribution is 2.33. The van der Waals surface area contributed by atoms with Crippen molar-refractivity contribution >= 4 is 50.7 Å². The molecule has 3 aromatic rings. The molecule has 208 valence electrons. The number of hydrogen-bond donors (Lipinski definition) is 1. The van der Waals surface area contributed by atoms with Crippen LogP contribution in [0.25, 0.3) is 0 Å². The van der Waals surface area contributed by atoms with Gasteiger partial charge in [-0.05, 0) is 76.1 Å². The maximum Gasteiger partial charge on any atom is 0.264 e. The molecular weight excluding hydrogens is 557 g/mol. The average Bonchev–Trinajstić information content (AvgIpc) is 2.87. The summed E-state index contributed by atoms with van der Waals surface area (Å²) in [4.78, 5) is 28.3. The van der Waals surface area contributed by atoms with Crippen molar-refractivity contribution in [3.63, 3.8) is 0 Å². The summed E-state index contributed by atoms with van der Waals surface area (Å²) in [5.41, 5.74) is 2.72. The molecule has 0 spiro atoms. The molecule has 0 aromatic heterocycles. The van der Waals surface area contributed by atoms with Crippen LogP contribution in [0.1, 0.15) is 37.5 Å². The summed E-state index contributed by atoms with van der Waals surface area (Å²) >= 11 is 12.7. The molecule has 0 heterocycles. The van der Waals surface area contributed by atoms with E-state index in [1.807, 2.05) is 52.0 Å². The van der Waals surface area contributed by atoms with Crippen molar-refractivity contribution in [1.82, 2.24) is 10.2 Å². The molecule has 0 saturated carbocycles. The van der Waals surface area contributed by atoms with Crippen molar-refractivity contribution in [1.29, 1.82) is 0 Å². The van der Waals surface area contributed by atoms with Crippen molar-refractivity contribution in [2.45, 2.75) is 58.1 Å². The SMILES string of the molecule is Cc1ccc(S(=O)(=O)N(CC(=O)N(Cc2ccccc2C)[C@@H](C)C(=O)NC(C)C)c2cc(Cl)ccc2Cl)cc1. The monoisotopic (exact) mass is 589 g/mol. The van der Waals surface area contributed by atoms with E-state index in [9.17, 15) is 18.0 Å². The molecule has 0 radical (unpaired) electrons. The number of amides is 2. The van der Waals surface area contributed by atoms with Crippen LogP contribution < -0.4 is 9.62 Å². The van der Waals surface area contributed by atoms with Gasteiger partial charge in [0.05, 0.1) is 15.6 Å². The number of nitrogens with one attached hydrogen (secondary N) is 1. The minimum atomic E-state index is -4.24. The summed E-state index contributed by atoms with van der Waals surface area (Å²) in [6, 6.07) is 17.2. The number of halogens is 2. The average molecular weight is 591 g/mol. The summed E-state index contributed by atoms with van der Waals surface area (Å²) < 4.78 is 28.8. The molecule has 0 fully saturated rings. The van der Waals surface area contributed by atoms with E-state index in [4.69, 9.17) is 23.2 Å². The number of rotatable bonds is 10. The van der Waals surface area contributed by atoms with E-state index in [-0.39, 0.29) is 39.1 Å². The lowest BCUT2D eigenvalue weighted by atomic mass is 10.1. The van der Waals surface area contributed by atoms with Crippen molar-refractivity contribution in [3.05, 3.63) is 93.5 Å². The van der Waals surface area contributed by atoms with Gasteiger partial charge in [-0.15, -0.1) is 0 Å². The van der Waals surface area contributed by atoms with Crippen molar-refractivity contribution in [2.24, 2.45) is 0 Å². The smallest absolute Gasteiger partial charge is 0.264 e. The molecule has 0 aliphatic heterocycles. The lowest BCUT2D eigenvalue weighted by Crippen LogP contribution is -2.52. The van der Waals surface area contributed by atoms with Crippen LogP contribution in [-0.2, 0) is 26.2 Å². The molecule has 7 nitrogen and oxygen atoms in total. The molecule has 3 rings (SSSR count). The Bertz CT molecular complexity index is 1440. The van der Waals surface area contributed by atoms with E-state index in [2.05, 4.69) is 5.32 Å². The van der Waals surface area contributed by atoms with Crippen LogP contribution in [0.5, 0.6) is 0 Å². The Labute approximate surface area is 240 Å². The minimum Gasteiger partial charge on any atom is -0.352 e. The lowest BCUT2D eigenvalue weighted by Gasteiger charge is -2.33. The number of nitrogens with zero attached hydrogens (tertiary/aromatic N) is 2. The molecule has 1 atom stereocenters. The molecule has 2 amide bonds. The predicted molar refractivity (Wildman–Crippen MR) is 157 cm³/mol. The highest BCUT2D eigenvalue weighted by molar-refractivity contribution is 7.92. The normalized spacial score (nSPS) is 12.2. The van der Waals surface area contributed by atoms with Crippen LogP contribution in [0, 0.1) is 13.8 Å². The summed E-state index contributed by atoms with van der Waals surface area (Å²) in [5.74, 6) is -0.919. The number of benzene rings is 3. The maximum absolute atomic E-state index is 14.0. The van der Waals surface area contributed by atoms with Crippen LogP contribution in [0.2, 0.25) is 10.0 Å². The second kappa shape index (κ2) is 12.9. The molecule has 0 aliphatic carbocycles. The van der Waals surface area contributed by atoms with E-state index in [1.165, 1.54) is 35.2 Å². The van der Waals surface area contributed by atoms with E-state index in [0.29, 0.717) is 0 Å². The molecule has 0 saturated heterocycles. The van der Waals surface area contributed by atoms with Crippen LogP contribution in [-0.4, -0.2) is 43.8 Å². The first kappa shape index (κ1) is 30.5. The fourth-order valence-corrected chi connectivity index (χ4v) is 5.85. The first-order valence-corrected chi connectivity index (χ1v) is 14.7. The van der Waals surface area contributed by atoms with Crippen LogP contribution in [0.15, 0.2) is 71.6 Å². The standard InChI is InChI=1S/C29H33Cl2N3O4S/c1-19(2)32-29(36)22(5)33(17-23-9-7-6-8-21(23)4)28(35)18-34(27-16-24(30)12-15-26(27)31)39(37,38)25-13-10-20(3)11-14-25/h6-16,19,22H,17-18H2,1-5H3,(H,32,36)/t22-/m0/s1. The third-order valence-corrected chi connectivity index (χ3v) is 8.59. The molecule has 1 N–H and O–H groups in total. The third-order valence-electron chi connectivity index (χ3n) is 6.26. The van der Waals surface area contributed by atoms with E-state index >= 15 is 0 Å². The fourth-order valence-electron chi connectivity index (χ4n) is 3.99. The zero-order valence-corrected chi connectivity index (χ0v) is 24.9. The second-order valence-corrected chi connectivity index (χ2v) is 12.4. The van der Waals surface area contributed by atoms with Gasteiger partial charge in [0.15, 0.2) is 0 Å². The largest absolute Gasteiger partial charge is 0.352 e. The highest BCUT2D eigenvalue weighted by Gasteiger charge is 2.33. The molecule has 10 heteroatoms. The Kier molecular flexibility index (Phi) is 10.0. The van der Waals surface area contributed by atoms with Gasteiger partial charge in [-0.25, -0.2) is 8.42 Å². The summed E-state index contributed by atoms with van der Waals surface area (Å²) in [7, 11) is -4.24. The predicted octanol–water partition coefficient (Wildman–Crippen LogP) is 5.75. The van der Waals surface area contributed by atoms with Crippen molar-refractivity contribution in [3.8, 4) is 0 Å². The van der Waals surface area contributed by atoms with E-state index in [0.717, 1.165) is 21.0 Å². The topological polar surface area (TPSA) is 86.8 Å². The highest BCUT2D eigenvalue weighted by atomic mass is 35.5. The van der Waals surface area contributed by atoms with E-state index in [1.54, 1.807) is 19.1 Å². The summed E-state index contributed by atoms with van der Waals surface area (Å²) in [5, 5.41) is 3.20. The van der Waals surface area contributed by atoms with Gasteiger partial charge in [0.25, 0.3) is 10.0 Å². The zero-order valence-electron chi connectivity index (χ0n) is 22.6. The van der Waals surface area contributed by atoms with E-state index < -0.39 is 28.5 Å². The third kappa shape index (κ3) is 7.53. The number of carbonyl (C=O) groups is 2. The van der Waals surface area contributed by atoms with Gasteiger partial charge in [0, 0.05) is 17.6 Å². The Hall–Kier alpha value is -3.07. The second-order valence-electron chi connectivity index (χ2n) is 9.71. The van der Waals surface area contributed by atoms with Gasteiger partial charge in [-0.2, -0.15) is 0 Å². The van der Waals surface area contributed by atoms with Gasteiger partial charge in [0.1, 0.15) is 12.6 Å². The van der Waals surface area contributed by atoms with Gasteiger partial charge < -0.3 is 10.2 Å². The van der Waals surface area contributed by atoms with Crippen LogP contribution in [0.3, 0.4) is 0 Å². The molecule has 0 bridgehead atoms. The van der Waals surface area contributed by atoms with Gasteiger partial charge in [-0.3, -0.25) is 13.9 Å². The van der Waals surface area contributed by atoms with Gasteiger partial charge in [-0.1, -0.05) is 65.2 Å². The molecule has 0 aliphatic rings. The quantitative estimate of drug-likeness (QED) is 0.326. The zero-order chi connectivity index (χ0) is 28.9. The summed E-state index contributed by atoms with van der Waals surface area (Å²) in [6.45, 7) is 8.56. The fraction of sp³-hybridized carbons (Fsp3) is 0.310. The minimum absolute atomic E-state index is 0.00649. The summed E-state index contributed by atoms with van der Waals surface area (Å²) in [6.07, 6.45) is 0. The van der Waals surface area contributed by atoms with Crippen LogP contribution in [0.4, 0.5) is 5.69 Å². The number of anilines is 1. The molecular formula is C29H33Cl2N3O4S. The maximum atomic E-state index is 14.0. The molecule has 3 aromatic carbocycles. The number of aryl methyl sites for hydroxylation is 2. The lowest BCUT2D eigenvalue weighted by molar-refractivity contribution is -0.139. The Morgan fingerprint density at radius 3 is 2.18 bits per heavy atom. The first-order chi connectivity index (χ1) is 18.3. The molecule has 39 heavy (non-hydrogen) atoms. The Balaban J connectivity index is 2.09.